The fourth-order valence-electron chi connectivity index (χ4n) is 3.20. The number of hydrogen-bond donors (Lipinski definition) is 1. The van der Waals surface area contributed by atoms with Crippen molar-refractivity contribution in [3.8, 4) is 0 Å². The van der Waals surface area contributed by atoms with Crippen molar-refractivity contribution < 1.29 is 9.59 Å². The minimum atomic E-state index is -0.0966. The molecule has 2 aliphatic heterocycles. The molecule has 0 aromatic carbocycles. The Morgan fingerprint density at radius 2 is 1.85 bits per heavy atom. The van der Waals surface area contributed by atoms with E-state index >= 15 is 0 Å². The zero-order chi connectivity index (χ0) is 14.8. The largest absolute Gasteiger partial charge is 0.354 e. The van der Waals surface area contributed by atoms with Gasteiger partial charge in [0.15, 0.2) is 0 Å². The van der Waals surface area contributed by atoms with Gasteiger partial charge in [-0.1, -0.05) is 6.92 Å². The third-order valence-corrected chi connectivity index (χ3v) is 4.80. The van der Waals surface area contributed by atoms with Crippen LogP contribution in [0.1, 0.15) is 27.2 Å². The number of hydrogen-bond acceptors (Lipinski definition) is 4. The lowest BCUT2D eigenvalue weighted by Crippen LogP contribution is -2.67. The predicted molar refractivity (Wildman–Crippen MR) is 77.1 cm³/mol. The van der Waals surface area contributed by atoms with Crippen molar-refractivity contribution in [2.45, 2.75) is 32.9 Å². The molecule has 20 heavy (non-hydrogen) atoms. The summed E-state index contributed by atoms with van der Waals surface area (Å²) in [7, 11) is 0. The van der Waals surface area contributed by atoms with Crippen molar-refractivity contribution in [1.29, 1.82) is 0 Å². The second-order valence-corrected chi connectivity index (χ2v) is 5.84. The highest BCUT2D eigenvalue weighted by molar-refractivity contribution is 5.78. The Labute approximate surface area is 121 Å². The lowest BCUT2D eigenvalue weighted by Gasteiger charge is -2.52. The standard InChI is InChI=1S/C14H26N4O2/c1-4-14(3,18-6-5-15-13(20)11-18)17-9-7-16(8-10-17)12(2)19/h4-11H2,1-3H3,(H,15,20). The Bertz CT molecular complexity index is 379. The van der Waals surface area contributed by atoms with Crippen LogP contribution >= 0.6 is 0 Å². The molecule has 2 aliphatic rings. The summed E-state index contributed by atoms with van der Waals surface area (Å²) in [6.45, 7) is 11.4. The number of carbonyl (C=O) groups excluding carboxylic acids is 2. The maximum absolute atomic E-state index is 11.6. The predicted octanol–water partition coefficient (Wildman–Crippen LogP) is -0.291. The molecule has 0 aromatic rings. The second-order valence-electron chi connectivity index (χ2n) is 5.84. The van der Waals surface area contributed by atoms with Crippen LogP contribution in [-0.4, -0.2) is 78.0 Å². The summed E-state index contributed by atoms with van der Waals surface area (Å²) in [5, 5.41) is 2.88. The maximum atomic E-state index is 11.6. The van der Waals surface area contributed by atoms with E-state index in [-0.39, 0.29) is 17.5 Å². The van der Waals surface area contributed by atoms with Crippen molar-refractivity contribution >= 4 is 11.8 Å². The van der Waals surface area contributed by atoms with Gasteiger partial charge in [0, 0.05) is 46.2 Å². The molecule has 2 saturated heterocycles. The molecule has 1 unspecified atom stereocenters. The van der Waals surface area contributed by atoms with Gasteiger partial charge < -0.3 is 10.2 Å². The van der Waals surface area contributed by atoms with Gasteiger partial charge in [0.2, 0.25) is 11.8 Å². The lowest BCUT2D eigenvalue weighted by molar-refractivity contribution is -0.138. The fourth-order valence-corrected chi connectivity index (χ4v) is 3.20. The van der Waals surface area contributed by atoms with Crippen LogP contribution in [0.25, 0.3) is 0 Å². The van der Waals surface area contributed by atoms with Crippen molar-refractivity contribution in [3.05, 3.63) is 0 Å². The molecule has 2 rings (SSSR count). The number of amides is 2. The van der Waals surface area contributed by atoms with Crippen LogP contribution in [0.4, 0.5) is 0 Å². The average Bonchev–Trinajstić information content (AvgIpc) is 2.46. The first kappa shape index (κ1) is 15.3. The lowest BCUT2D eigenvalue weighted by atomic mass is 10.0. The molecule has 114 valence electrons. The number of nitrogens with zero attached hydrogens (tertiary/aromatic N) is 3. The van der Waals surface area contributed by atoms with Gasteiger partial charge in [0.05, 0.1) is 12.2 Å². The number of nitrogens with one attached hydrogen (secondary N) is 1. The van der Waals surface area contributed by atoms with Gasteiger partial charge >= 0.3 is 0 Å². The van der Waals surface area contributed by atoms with Crippen molar-refractivity contribution in [1.82, 2.24) is 20.0 Å². The summed E-state index contributed by atoms with van der Waals surface area (Å²) in [4.78, 5) is 29.6. The SMILES string of the molecule is CCC(C)(N1CCN(C(C)=O)CC1)N1CCNC(=O)C1. The molecule has 6 nitrogen and oxygen atoms in total. The van der Waals surface area contributed by atoms with E-state index < -0.39 is 0 Å². The van der Waals surface area contributed by atoms with E-state index in [2.05, 4.69) is 29.0 Å². The van der Waals surface area contributed by atoms with Crippen molar-refractivity contribution in [2.75, 3.05) is 45.8 Å². The topological polar surface area (TPSA) is 55.9 Å². The van der Waals surface area contributed by atoms with Crippen molar-refractivity contribution in [2.24, 2.45) is 0 Å². The first-order valence-corrected chi connectivity index (χ1v) is 7.49. The summed E-state index contributed by atoms with van der Waals surface area (Å²) in [5.74, 6) is 0.262. The zero-order valence-corrected chi connectivity index (χ0v) is 12.8. The molecule has 0 saturated carbocycles. The van der Waals surface area contributed by atoms with E-state index in [0.717, 1.165) is 45.7 Å². The Kier molecular flexibility index (Phi) is 4.65. The molecule has 2 heterocycles. The van der Waals surface area contributed by atoms with E-state index in [1.807, 2.05) is 4.90 Å². The van der Waals surface area contributed by atoms with Gasteiger partial charge in [-0.3, -0.25) is 19.4 Å². The summed E-state index contributed by atoms with van der Waals surface area (Å²) in [6.07, 6.45) is 0.973. The molecule has 0 aliphatic carbocycles. The van der Waals surface area contributed by atoms with E-state index in [9.17, 15) is 9.59 Å². The van der Waals surface area contributed by atoms with E-state index in [1.165, 1.54) is 0 Å². The quantitative estimate of drug-likeness (QED) is 0.773. The van der Waals surface area contributed by atoms with Crippen LogP contribution in [0, 0.1) is 0 Å². The van der Waals surface area contributed by atoms with Crippen LogP contribution in [-0.2, 0) is 9.59 Å². The molecule has 2 fully saturated rings. The fraction of sp³-hybridized carbons (Fsp3) is 0.857. The highest BCUT2D eigenvalue weighted by atomic mass is 16.2. The van der Waals surface area contributed by atoms with Gasteiger partial charge in [0.25, 0.3) is 0 Å². The molecule has 2 amide bonds. The Balaban J connectivity index is 2.03. The molecule has 1 atom stereocenters. The Hall–Kier alpha value is -1.14. The first-order chi connectivity index (χ1) is 9.47. The Morgan fingerprint density at radius 1 is 1.20 bits per heavy atom. The number of carbonyl (C=O) groups is 2. The summed E-state index contributed by atoms with van der Waals surface area (Å²) in [6, 6.07) is 0. The average molecular weight is 282 g/mol. The highest BCUT2D eigenvalue weighted by Crippen LogP contribution is 2.26. The van der Waals surface area contributed by atoms with Gasteiger partial charge in [0.1, 0.15) is 0 Å². The van der Waals surface area contributed by atoms with Crippen LogP contribution in [0.5, 0.6) is 0 Å². The molecule has 0 radical (unpaired) electrons. The molecule has 0 spiro atoms. The molecule has 6 heteroatoms. The summed E-state index contributed by atoms with van der Waals surface area (Å²) in [5.41, 5.74) is -0.0966. The van der Waals surface area contributed by atoms with E-state index in [0.29, 0.717) is 6.54 Å². The molecule has 0 aromatic heterocycles. The monoisotopic (exact) mass is 282 g/mol. The van der Waals surface area contributed by atoms with E-state index in [4.69, 9.17) is 0 Å². The molecular formula is C14H26N4O2. The number of piperazine rings is 2. The smallest absolute Gasteiger partial charge is 0.234 e. The summed E-state index contributed by atoms with van der Waals surface area (Å²) >= 11 is 0. The molecule has 0 bridgehead atoms. The third-order valence-electron chi connectivity index (χ3n) is 4.80. The minimum absolute atomic E-state index is 0.0966. The van der Waals surface area contributed by atoms with Crippen LogP contribution in [0.15, 0.2) is 0 Å². The van der Waals surface area contributed by atoms with Crippen LogP contribution in [0.2, 0.25) is 0 Å². The minimum Gasteiger partial charge on any atom is -0.354 e. The van der Waals surface area contributed by atoms with Gasteiger partial charge in [-0.25, -0.2) is 0 Å². The van der Waals surface area contributed by atoms with E-state index in [1.54, 1.807) is 6.92 Å². The number of rotatable bonds is 3. The molecule has 1 N–H and O–H groups in total. The zero-order valence-electron chi connectivity index (χ0n) is 12.8. The third kappa shape index (κ3) is 2.96. The Morgan fingerprint density at radius 3 is 2.35 bits per heavy atom. The summed E-state index contributed by atoms with van der Waals surface area (Å²) < 4.78 is 0. The van der Waals surface area contributed by atoms with Crippen molar-refractivity contribution in [3.63, 3.8) is 0 Å². The van der Waals surface area contributed by atoms with Crippen LogP contribution < -0.4 is 5.32 Å². The van der Waals surface area contributed by atoms with Gasteiger partial charge in [-0.15, -0.1) is 0 Å². The van der Waals surface area contributed by atoms with Gasteiger partial charge in [-0.05, 0) is 13.3 Å². The molecular weight excluding hydrogens is 256 g/mol. The second kappa shape index (κ2) is 6.10. The highest BCUT2D eigenvalue weighted by Gasteiger charge is 2.39. The normalized spacial score (nSPS) is 25.1. The maximum Gasteiger partial charge on any atom is 0.234 e. The van der Waals surface area contributed by atoms with Crippen LogP contribution in [0.3, 0.4) is 0 Å². The van der Waals surface area contributed by atoms with Gasteiger partial charge in [-0.2, -0.15) is 0 Å². The first-order valence-electron chi connectivity index (χ1n) is 7.49.